The highest BCUT2D eigenvalue weighted by molar-refractivity contribution is 7.81. The molecule has 17 rings (SSSR count). The van der Waals surface area contributed by atoms with E-state index >= 15 is 0 Å². The van der Waals surface area contributed by atoms with Crippen LogP contribution in [0.3, 0.4) is 0 Å². The van der Waals surface area contributed by atoms with E-state index in [-0.39, 0.29) is 66.9 Å². The molecule has 0 radical (unpaired) electrons. The first-order valence-corrected chi connectivity index (χ1v) is 47.1. The number of hydrogen-bond donors (Lipinski definition) is 4. The molecule has 9 aliphatic rings. The predicted octanol–water partition coefficient (Wildman–Crippen LogP) is 21.8. The molecular formula is C101H96F12N16O8S4. The van der Waals surface area contributed by atoms with Gasteiger partial charge in [-0.3, -0.25) is 43.8 Å². The first-order chi connectivity index (χ1) is 67.2. The lowest BCUT2D eigenvalue weighted by atomic mass is 9.74. The monoisotopic (exact) mass is 2020 g/mol. The molecular weight excluding hydrogens is 1920 g/mol. The number of hydrogen-bond acceptors (Lipinski definition) is 16. The zero-order valence-electron chi connectivity index (χ0n) is 76.1. The molecule has 4 saturated carbocycles. The number of nitrogens with one attached hydrogen (secondary N) is 1. The maximum Gasteiger partial charge on any atom is 0.407 e. The van der Waals surface area contributed by atoms with Gasteiger partial charge in [0.25, 0.3) is 17.7 Å². The maximum atomic E-state index is 13.6. The number of aliphatic imine (C=N–C) groups is 1. The van der Waals surface area contributed by atoms with Gasteiger partial charge in [0.1, 0.15) is 29.2 Å². The van der Waals surface area contributed by atoms with Gasteiger partial charge in [-0.1, -0.05) is 72.8 Å². The maximum absolute atomic E-state index is 13.6. The lowest BCUT2D eigenvalue weighted by molar-refractivity contribution is -0.141. The number of aldehydes is 2. The number of aliphatic hydroxyl groups is 1. The van der Waals surface area contributed by atoms with Crippen molar-refractivity contribution in [1.29, 1.82) is 0 Å². The Bertz CT molecular complexity index is 6300. The van der Waals surface area contributed by atoms with Crippen LogP contribution in [0.5, 0.6) is 0 Å². The minimum absolute atomic E-state index is 0.00369. The molecule has 8 aromatic carbocycles. The minimum atomic E-state index is -4.74. The SMILES string of the molecule is NCCN.[C-]#[N+]c1ccc(N2C(=O)C3(CCC3)N(c3ccc(CCCC(=O)OC)cc3)C2=S)cc1C(F)(F)F.[C-]#[N+]c1ccc(N2C(=O)C3(CCC3)N(c3ccc(CCCC4=NCCN4)cc3)C2=S)cc1C(F)(F)F.[C-]#[N+]c1ccc(N2C(=O)C3(CCC3)N(c3ccc(CCCC=O)cc3)C2=S)cc1C(F)(F)F.[C-]#[N+]c1ccc(N2C(=S)N(c3ccc(CCCC=O)cc3)C3(CCC3)C2O)cc1C(F)(F)F. The first-order valence-electron chi connectivity index (χ1n) is 45.4. The second-order valence-corrected chi connectivity index (χ2v) is 36.4. The van der Waals surface area contributed by atoms with Gasteiger partial charge in [0.05, 0.1) is 73.6 Å². The Labute approximate surface area is 827 Å². The van der Waals surface area contributed by atoms with Crippen LogP contribution in [0.1, 0.15) is 173 Å². The number of methoxy groups -OCH3 is 1. The van der Waals surface area contributed by atoms with Crippen molar-refractivity contribution in [2.75, 3.05) is 72.5 Å². The number of aliphatic hydroxyl groups excluding tert-OH is 1. The summed E-state index contributed by atoms with van der Waals surface area (Å²) in [6.07, 6.45) is -1.95. The van der Waals surface area contributed by atoms with Crippen LogP contribution < -0.4 is 56.0 Å². The van der Waals surface area contributed by atoms with E-state index in [4.69, 9.17) is 86.6 Å². The number of carbonyl (C=O) groups excluding carboxylic acids is 6. The van der Waals surface area contributed by atoms with Crippen molar-refractivity contribution >= 4 is 180 Å². The van der Waals surface area contributed by atoms with Crippen molar-refractivity contribution in [3.8, 4) is 0 Å². The molecule has 0 bridgehead atoms. The molecule has 736 valence electrons. The molecule has 6 N–H and O–H groups in total. The van der Waals surface area contributed by atoms with E-state index in [1.807, 2.05) is 102 Å². The van der Waals surface area contributed by atoms with Crippen LogP contribution >= 0.6 is 48.9 Å². The molecule has 4 spiro atoms. The molecule has 4 saturated heterocycles. The van der Waals surface area contributed by atoms with Crippen LogP contribution in [0.15, 0.2) is 175 Å². The summed E-state index contributed by atoms with van der Waals surface area (Å²) >= 11 is 22.6. The Balaban J connectivity index is 0.000000156. The van der Waals surface area contributed by atoms with Gasteiger partial charge >= 0.3 is 30.7 Å². The quantitative estimate of drug-likeness (QED) is 0.0104. The minimum Gasteiger partial charge on any atom is -0.469 e. The molecule has 4 aliphatic carbocycles. The molecule has 0 aromatic heterocycles. The third-order valence-corrected chi connectivity index (χ3v) is 27.9. The number of ether oxygens (including phenoxy) is 1. The average molecular weight is 2020 g/mol. The first kappa shape index (κ1) is 105. The molecule has 3 amide bonds. The number of halogens is 12. The summed E-state index contributed by atoms with van der Waals surface area (Å²) in [4.78, 5) is 101. The van der Waals surface area contributed by atoms with Gasteiger partial charge < -0.3 is 55.8 Å². The number of unbranched alkanes of at least 4 members (excludes halogenated alkanes) is 2. The summed E-state index contributed by atoms with van der Waals surface area (Å²) in [6, 6.07) is 43.6. The molecule has 1 unspecified atom stereocenters. The predicted molar refractivity (Wildman–Crippen MR) is 528 cm³/mol. The van der Waals surface area contributed by atoms with Gasteiger partial charge in [-0.05, 0) is 297 Å². The number of benzene rings is 8. The van der Waals surface area contributed by atoms with Crippen LogP contribution in [0, 0.1) is 26.3 Å². The van der Waals surface area contributed by atoms with E-state index in [2.05, 4.69) is 34.4 Å². The van der Waals surface area contributed by atoms with Crippen LogP contribution in [0.25, 0.3) is 19.4 Å². The number of anilines is 8. The normalized spacial score (nSPS) is 17.8. The number of amides is 3. The third-order valence-electron chi connectivity index (χ3n) is 26.5. The number of aryl methyl sites for hydroxylation is 4. The summed E-state index contributed by atoms with van der Waals surface area (Å²) in [5.41, 5.74) is 7.25. The highest BCUT2D eigenvalue weighted by Crippen LogP contribution is 2.56. The smallest absolute Gasteiger partial charge is 0.407 e. The largest absolute Gasteiger partial charge is 0.469 e. The zero-order valence-corrected chi connectivity index (χ0v) is 79.4. The van der Waals surface area contributed by atoms with Gasteiger partial charge in [0.2, 0.25) is 0 Å². The number of nitrogens with two attached hydrogens (primary N) is 2. The second kappa shape index (κ2) is 43.9. The fourth-order valence-corrected chi connectivity index (χ4v) is 20.5. The molecule has 8 fully saturated rings. The fourth-order valence-electron chi connectivity index (χ4n) is 18.6. The molecule has 24 nitrogen and oxygen atoms in total. The summed E-state index contributed by atoms with van der Waals surface area (Å²) < 4.78 is 167. The van der Waals surface area contributed by atoms with Gasteiger partial charge in [0, 0.05) is 90.8 Å². The standard InChI is InChI=1S/C26H24F3N5OS.C25H22F3N3O3S.C24H22F3N3O2S.C24H20F3N3O2S.C2H8N2/c1-30-21-11-10-19(16-20(21)26(27,28)29)33-23(35)25(12-3-13-25)34(24(33)36)18-8-6-17(7-9-18)4-2-5-22-31-14-15-32-22;1-29-20-12-11-18(15-19(20)25(26,27)28)30-22(33)24(13-4-14-24)31(23(30)35)17-9-7-16(8-10-17)5-3-6-21(32)34-2;2*1-28-20-11-10-18(15-19(20)24(25,26)27)29-21(32)23(12-4-13-23)30(22(29)33)17-8-6-16(7-9-17)5-2-3-14-31;3-1-2-4/h6-11,16H,2-5,12-15H2,(H,31,32);7-12,15H,3-6,13-14H2,2H3;6-11,14-15,21,32H,2-5,12-13H2;6-11,14-15H,2-5,12-13H2;1-4H2. The molecule has 5 heterocycles. The Hall–Kier alpha value is -13.2. The topological polar surface area (TPSA) is 252 Å². The lowest BCUT2D eigenvalue weighted by Gasteiger charge is -2.46. The van der Waals surface area contributed by atoms with Crippen molar-refractivity contribution in [1.82, 2.24) is 5.32 Å². The molecule has 40 heteroatoms. The van der Waals surface area contributed by atoms with E-state index in [1.165, 1.54) is 41.2 Å². The lowest BCUT2D eigenvalue weighted by Crippen LogP contribution is -2.57. The van der Waals surface area contributed by atoms with Crippen molar-refractivity contribution in [3.05, 3.63) is 260 Å². The Morgan fingerprint density at radius 3 is 0.986 bits per heavy atom. The molecule has 1 atom stereocenters. The van der Waals surface area contributed by atoms with Gasteiger partial charge in [-0.15, -0.1) is 0 Å². The van der Waals surface area contributed by atoms with E-state index in [1.54, 1.807) is 14.7 Å². The summed E-state index contributed by atoms with van der Waals surface area (Å²) in [7, 11) is 1.35. The van der Waals surface area contributed by atoms with Crippen LogP contribution in [-0.4, -0.2) is 129 Å². The second-order valence-electron chi connectivity index (χ2n) is 34.9. The summed E-state index contributed by atoms with van der Waals surface area (Å²) in [5.74, 6) is -0.251. The van der Waals surface area contributed by atoms with Crippen molar-refractivity contribution < 1.29 is 91.3 Å². The number of nitrogens with zero attached hydrogens (tertiary/aromatic N) is 13. The third kappa shape index (κ3) is 21.5. The van der Waals surface area contributed by atoms with E-state index in [0.717, 1.165) is 194 Å². The summed E-state index contributed by atoms with van der Waals surface area (Å²) in [6.45, 7) is 31.1. The number of thiocarbonyl (C=S) groups is 4. The van der Waals surface area contributed by atoms with Crippen LogP contribution in [0.2, 0.25) is 0 Å². The summed E-state index contributed by atoms with van der Waals surface area (Å²) in [5, 5.41) is 15.1. The van der Waals surface area contributed by atoms with Gasteiger partial charge in [-0.25, -0.2) is 19.4 Å². The molecule has 141 heavy (non-hydrogen) atoms. The average Bonchev–Trinajstić information content (AvgIpc) is 1.57. The van der Waals surface area contributed by atoms with Gasteiger partial charge in [-0.2, -0.15) is 52.7 Å². The van der Waals surface area contributed by atoms with Crippen LogP contribution in [0.4, 0.5) is 121 Å². The highest BCUT2D eigenvalue weighted by atomic mass is 32.1. The number of amidine groups is 1. The van der Waals surface area contributed by atoms with E-state index in [9.17, 15) is 86.6 Å². The fraction of sp³-hybridized carbons (Fsp3) is 0.376. The zero-order chi connectivity index (χ0) is 102. The number of alkyl halides is 12. The van der Waals surface area contributed by atoms with Crippen molar-refractivity contribution in [2.45, 2.75) is 207 Å². The Morgan fingerprint density at radius 1 is 0.433 bits per heavy atom. The Kier molecular flexibility index (Phi) is 32.7. The Morgan fingerprint density at radius 2 is 0.723 bits per heavy atom. The molecule has 5 aliphatic heterocycles. The number of esters is 1. The van der Waals surface area contributed by atoms with E-state index < -0.39 is 98.1 Å². The highest BCUT2D eigenvalue weighted by Gasteiger charge is 2.64. The van der Waals surface area contributed by atoms with Crippen LogP contribution in [-0.2, 0) is 83.9 Å². The number of carbonyl (C=O) groups is 6. The van der Waals surface area contributed by atoms with E-state index in [0.29, 0.717) is 108 Å². The van der Waals surface area contributed by atoms with Crippen molar-refractivity contribution in [3.63, 3.8) is 0 Å². The number of rotatable bonds is 25. The van der Waals surface area contributed by atoms with Gasteiger partial charge in [0.15, 0.2) is 49.4 Å². The molecule has 8 aromatic rings. The van der Waals surface area contributed by atoms with Crippen molar-refractivity contribution in [2.24, 2.45) is 16.5 Å².